The fraction of sp³-hybridized carbons (Fsp3) is 0.933. The summed E-state index contributed by atoms with van der Waals surface area (Å²) in [6.45, 7) is 8.26. The van der Waals surface area contributed by atoms with Crippen molar-refractivity contribution in [3.8, 4) is 0 Å². The fourth-order valence-corrected chi connectivity index (χ4v) is 2.55. The monoisotopic (exact) mass is 285 g/mol. The third-order valence-corrected chi connectivity index (χ3v) is 3.98. The predicted octanol–water partition coefficient (Wildman–Crippen LogP) is 0.992. The molecule has 0 saturated carbocycles. The Morgan fingerprint density at radius 3 is 2.95 bits per heavy atom. The van der Waals surface area contributed by atoms with Crippen molar-refractivity contribution in [2.24, 2.45) is 0 Å². The molecular formula is C15H31N3O2. The molecule has 1 aliphatic rings. The van der Waals surface area contributed by atoms with Gasteiger partial charge in [-0.15, -0.1) is 0 Å². The molecule has 0 aromatic rings. The van der Waals surface area contributed by atoms with E-state index in [9.17, 15) is 4.79 Å². The topological polar surface area (TPSA) is 53.6 Å². The highest BCUT2D eigenvalue weighted by molar-refractivity contribution is 5.78. The van der Waals surface area contributed by atoms with Gasteiger partial charge in [0.2, 0.25) is 5.91 Å². The molecular weight excluding hydrogens is 254 g/mol. The molecule has 1 fully saturated rings. The molecule has 1 rings (SSSR count). The zero-order valence-corrected chi connectivity index (χ0v) is 13.3. The standard InChI is InChI=1S/C15H31N3O2/c1-4-13(2)17-15(19)12-18-9-6-5-7-14(18)11-16-8-10-20-3/h13-14,16H,4-12H2,1-3H3,(H,17,19). The first-order valence-electron chi connectivity index (χ1n) is 7.90. The summed E-state index contributed by atoms with van der Waals surface area (Å²) in [6, 6.07) is 0.744. The van der Waals surface area contributed by atoms with E-state index in [-0.39, 0.29) is 11.9 Å². The number of hydrogen-bond donors (Lipinski definition) is 2. The van der Waals surface area contributed by atoms with Crippen LogP contribution in [0, 0.1) is 0 Å². The molecule has 1 heterocycles. The van der Waals surface area contributed by atoms with Gasteiger partial charge in [0.05, 0.1) is 13.2 Å². The van der Waals surface area contributed by atoms with Gasteiger partial charge in [-0.1, -0.05) is 13.3 Å². The van der Waals surface area contributed by atoms with E-state index in [4.69, 9.17) is 4.74 Å². The number of hydrogen-bond acceptors (Lipinski definition) is 4. The SMILES string of the molecule is CCC(C)NC(=O)CN1CCCCC1CNCCOC. The van der Waals surface area contributed by atoms with Crippen molar-refractivity contribution < 1.29 is 9.53 Å². The quantitative estimate of drug-likeness (QED) is 0.620. The van der Waals surface area contributed by atoms with Crippen molar-refractivity contribution in [3.63, 3.8) is 0 Å². The number of rotatable bonds is 9. The van der Waals surface area contributed by atoms with Gasteiger partial charge in [-0.3, -0.25) is 9.69 Å². The largest absolute Gasteiger partial charge is 0.383 e. The zero-order chi connectivity index (χ0) is 14.8. The van der Waals surface area contributed by atoms with Crippen molar-refractivity contribution in [3.05, 3.63) is 0 Å². The number of ether oxygens (including phenoxy) is 1. The summed E-state index contributed by atoms with van der Waals surface area (Å²) in [4.78, 5) is 14.3. The molecule has 1 aliphatic heterocycles. The van der Waals surface area contributed by atoms with Crippen LogP contribution in [-0.4, -0.2) is 62.8 Å². The summed E-state index contributed by atoms with van der Waals surface area (Å²) >= 11 is 0. The normalized spacial score (nSPS) is 21.6. The third-order valence-electron chi connectivity index (χ3n) is 3.98. The molecule has 0 aliphatic carbocycles. The molecule has 5 heteroatoms. The van der Waals surface area contributed by atoms with Crippen LogP contribution >= 0.6 is 0 Å². The van der Waals surface area contributed by atoms with Gasteiger partial charge in [0.15, 0.2) is 0 Å². The molecule has 0 aromatic heterocycles. The maximum atomic E-state index is 12.0. The van der Waals surface area contributed by atoms with Gasteiger partial charge in [-0.25, -0.2) is 0 Å². The Balaban J connectivity index is 2.33. The van der Waals surface area contributed by atoms with Crippen LogP contribution < -0.4 is 10.6 Å². The molecule has 0 bridgehead atoms. The lowest BCUT2D eigenvalue weighted by Gasteiger charge is -2.35. The maximum absolute atomic E-state index is 12.0. The summed E-state index contributed by atoms with van der Waals surface area (Å²) in [7, 11) is 1.72. The Morgan fingerprint density at radius 2 is 2.25 bits per heavy atom. The second-order valence-electron chi connectivity index (χ2n) is 5.69. The number of carbonyl (C=O) groups is 1. The van der Waals surface area contributed by atoms with E-state index >= 15 is 0 Å². The summed E-state index contributed by atoms with van der Waals surface area (Å²) in [5, 5.41) is 6.47. The molecule has 0 aromatic carbocycles. The van der Waals surface area contributed by atoms with Crippen molar-refractivity contribution in [1.82, 2.24) is 15.5 Å². The van der Waals surface area contributed by atoms with Gasteiger partial charge in [-0.05, 0) is 32.7 Å². The van der Waals surface area contributed by atoms with Crippen molar-refractivity contribution >= 4 is 5.91 Å². The second-order valence-corrected chi connectivity index (χ2v) is 5.69. The number of nitrogens with one attached hydrogen (secondary N) is 2. The molecule has 1 saturated heterocycles. The van der Waals surface area contributed by atoms with Crippen LogP contribution in [0.15, 0.2) is 0 Å². The highest BCUT2D eigenvalue weighted by atomic mass is 16.5. The van der Waals surface area contributed by atoms with E-state index in [1.165, 1.54) is 19.3 Å². The van der Waals surface area contributed by atoms with Crippen LogP contribution in [0.4, 0.5) is 0 Å². The minimum atomic E-state index is 0.156. The molecule has 20 heavy (non-hydrogen) atoms. The minimum Gasteiger partial charge on any atom is -0.383 e. The molecule has 2 N–H and O–H groups in total. The first-order valence-corrected chi connectivity index (χ1v) is 7.90. The predicted molar refractivity (Wildman–Crippen MR) is 81.9 cm³/mol. The van der Waals surface area contributed by atoms with Gasteiger partial charge >= 0.3 is 0 Å². The van der Waals surface area contributed by atoms with Crippen LogP contribution in [0.1, 0.15) is 39.5 Å². The van der Waals surface area contributed by atoms with Gasteiger partial charge < -0.3 is 15.4 Å². The van der Waals surface area contributed by atoms with Crippen LogP contribution in [0.25, 0.3) is 0 Å². The Hall–Kier alpha value is -0.650. The molecule has 118 valence electrons. The fourth-order valence-electron chi connectivity index (χ4n) is 2.55. The Labute approximate surface area is 123 Å². The van der Waals surface area contributed by atoms with E-state index in [0.717, 1.165) is 32.7 Å². The average Bonchev–Trinajstić information content (AvgIpc) is 2.45. The number of piperidine rings is 1. The van der Waals surface area contributed by atoms with Crippen molar-refractivity contribution in [1.29, 1.82) is 0 Å². The van der Waals surface area contributed by atoms with Crippen molar-refractivity contribution in [2.45, 2.75) is 51.6 Å². The number of amides is 1. The first-order chi connectivity index (χ1) is 9.67. The van der Waals surface area contributed by atoms with Gasteiger partial charge in [0.1, 0.15) is 0 Å². The minimum absolute atomic E-state index is 0.156. The molecule has 2 atom stereocenters. The lowest BCUT2D eigenvalue weighted by Crippen LogP contribution is -2.50. The van der Waals surface area contributed by atoms with Crippen LogP contribution in [-0.2, 0) is 9.53 Å². The number of nitrogens with zero attached hydrogens (tertiary/aromatic N) is 1. The third kappa shape index (κ3) is 6.68. The average molecular weight is 285 g/mol. The molecule has 1 amide bonds. The van der Waals surface area contributed by atoms with E-state index in [0.29, 0.717) is 12.6 Å². The van der Waals surface area contributed by atoms with Gasteiger partial charge in [-0.2, -0.15) is 0 Å². The lowest BCUT2D eigenvalue weighted by atomic mass is 10.0. The molecule has 2 unspecified atom stereocenters. The van der Waals surface area contributed by atoms with E-state index in [1.807, 2.05) is 0 Å². The van der Waals surface area contributed by atoms with Crippen LogP contribution in [0.2, 0.25) is 0 Å². The van der Waals surface area contributed by atoms with Gasteiger partial charge in [0, 0.05) is 32.3 Å². The molecule has 5 nitrogen and oxygen atoms in total. The summed E-state index contributed by atoms with van der Waals surface area (Å²) in [6.07, 6.45) is 4.62. The number of carbonyl (C=O) groups excluding carboxylic acids is 1. The van der Waals surface area contributed by atoms with Crippen molar-refractivity contribution in [2.75, 3.05) is 39.9 Å². The Bertz CT molecular complexity index is 274. The van der Waals surface area contributed by atoms with Gasteiger partial charge in [0.25, 0.3) is 0 Å². The lowest BCUT2D eigenvalue weighted by molar-refractivity contribution is -0.123. The number of methoxy groups -OCH3 is 1. The van der Waals surface area contributed by atoms with Crippen LogP contribution in [0.5, 0.6) is 0 Å². The van der Waals surface area contributed by atoms with E-state index < -0.39 is 0 Å². The summed E-state index contributed by atoms with van der Waals surface area (Å²) in [5.74, 6) is 0.156. The van der Waals surface area contributed by atoms with E-state index in [1.54, 1.807) is 7.11 Å². The maximum Gasteiger partial charge on any atom is 0.234 e. The Kier molecular flexibility index (Phi) is 8.82. The molecule has 0 spiro atoms. The number of likely N-dealkylation sites (tertiary alicyclic amines) is 1. The first kappa shape index (κ1) is 17.4. The summed E-state index contributed by atoms with van der Waals surface area (Å²) in [5.41, 5.74) is 0. The second kappa shape index (κ2) is 10.1. The highest BCUT2D eigenvalue weighted by Crippen LogP contribution is 2.16. The summed E-state index contributed by atoms with van der Waals surface area (Å²) < 4.78 is 5.04. The zero-order valence-electron chi connectivity index (χ0n) is 13.3. The smallest absolute Gasteiger partial charge is 0.234 e. The van der Waals surface area contributed by atoms with Crippen LogP contribution in [0.3, 0.4) is 0 Å². The molecule has 0 radical (unpaired) electrons. The highest BCUT2D eigenvalue weighted by Gasteiger charge is 2.24. The Morgan fingerprint density at radius 1 is 1.45 bits per heavy atom. The van der Waals surface area contributed by atoms with E-state index in [2.05, 4.69) is 29.4 Å².